The minimum atomic E-state index is -0.487. The Morgan fingerprint density at radius 1 is 1.07 bits per heavy atom. The average Bonchev–Trinajstić information content (AvgIpc) is 3.48. The van der Waals surface area contributed by atoms with Crippen molar-refractivity contribution in [2.24, 2.45) is 0 Å². The molecule has 1 amide bonds. The number of carbonyl (C=O) groups is 3. The number of nitrogens with zero attached hydrogens (tertiary/aromatic N) is 5. The fourth-order valence-electron chi connectivity index (χ4n) is 6.76. The summed E-state index contributed by atoms with van der Waals surface area (Å²) in [4.78, 5) is 52.2. The second kappa shape index (κ2) is 12.9. The van der Waals surface area contributed by atoms with Crippen molar-refractivity contribution in [2.45, 2.75) is 84.0 Å². The van der Waals surface area contributed by atoms with Gasteiger partial charge in [0.1, 0.15) is 23.8 Å². The third-order valence-corrected chi connectivity index (χ3v) is 9.29. The smallest absolute Gasteiger partial charge is 0.410 e. The van der Waals surface area contributed by atoms with Gasteiger partial charge in [0, 0.05) is 68.3 Å². The van der Waals surface area contributed by atoms with Crippen molar-refractivity contribution in [1.82, 2.24) is 19.8 Å². The number of anilines is 4. The van der Waals surface area contributed by atoms with Gasteiger partial charge in [-0.2, -0.15) is 4.98 Å². The minimum Gasteiger partial charge on any atom is -0.489 e. The second-order valence-electron chi connectivity index (χ2n) is 13.8. The zero-order valence-electron chi connectivity index (χ0n) is 27.5. The Hall–Kier alpha value is -4.19. The van der Waals surface area contributed by atoms with Crippen molar-refractivity contribution < 1.29 is 23.9 Å². The Morgan fingerprint density at radius 3 is 2.52 bits per heavy atom. The molecule has 2 aromatic rings. The summed E-state index contributed by atoms with van der Waals surface area (Å²) in [6.45, 7) is 13.5. The molecule has 1 atom stereocenters. The lowest BCUT2D eigenvalue weighted by atomic mass is 10.0. The van der Waals surface area contributed by atoms with E-state index in [0.29, 0.717) is 54.9 Å². The third kappa shape index (κ3) is 6.81. The molecule has 1 aromatic heterocycles. The van der Waals surface area contributed by atoms with Crippen molar-refractivity contribution in [2.75, 3.05) is 54.9 Å². The average molecular weight is 632 g/mol. The molecule has 4 heterocycles. The number of aromatic nitrogens is 2. The molecule has 0 unspecified atom stereocenters. The van der Waals surface area contributed by atoms with Crippen LogP contribution < -0.4 is 20.3 Å². The number of piperazine rings is 1. The number of ketones is 1. The van der Waals surface area contributed by atoms with Gasteiger partial charge in [-0.25, -0.2) is 9.78 Å². The van der Waals surface area contributed by atoms with E-state index < -0.39 is 5.60 Å². The first kappa shape index (κ1) is 31.8. The van der Waals surface area contributed by atoms with Gasteiger partial charge in [0.15, 0.2) is 12.1 Å². The minimum absolute atomic E-state index is 0.125. The van der Waals surface area contributed by atoms with Gasteiger partial charge in [0.05, 0.1) is 17.3 Å². The lowest BCUT2D eigenvalue weighted by Gasteiger charge is -2.51. The predicted octanol–water partition coefficient (Wildman–Crippen LogP) is 4.64. The molecule has 3 fully saturated rings. The fourth-order valence-corrected chi connectivity index (χ4v) is 6.76. The number of hydrogen-bond acceptors (Lipinski definition) is 11. The number of aldehydes is 1. The van der Waals surface area contributed by atoms with Crippen LogP contribution in [0.15, 0.2) is 30.0 Å². The molecule has 2 saturated heterocycles. The number of benzene rings is 1. The predicted molar refractivity (Wildman–Crippen MR) is 177 cm³/mol. The molecule has 46 heavy (non-hydrogen) atoms. The van der Waals surface area contributed by atoms with E-state index in [-0.39, 0.29) is 29.5 Å². The van der Waals surface area contributed by atoms with Crippen molar-refractivity contribution in [3.8, 4) is 5.75 Å². The molecule has 0 radical (unpaired) electrons. The second-order valence-corrected chi connectivity index (χ2v) is 13.8. The van der Waals surface area contributed by atoms with Gasteiger partial charge in [-0.3, -0.25) is 14.5 Å². The van der Waals surface area contributed by atoms with Gasteiger partial charge >= 0.3 is 6.09 Å². The van der Waals surface area contributed by atoms with E-state index in [2.05, 4.69) is 31.5 Å². The molecule has 0 bridgehead atoms. The van der Waals surface area contributed by atoms with Crippen LogP contribution in [-0.4, -0.2) is 101 Å². The SMILES string of the molecule is CC(=O)/C(C=O)=C(\C)c1cnc(Nc2ccc3c(c2)OC[C@@H]2CN(C4CN(C(=O)OC(C)(C)C)C4)CCN32)nc1NC1CCCC1. The van der Waals surface area contributed by atoms with Crippen LogP contribution in [0.3, 0.4) is 0 Å². The van der Waals surface area contributed by atoms with Gasteiger partial charge in [-0.1, -0.05) is 12.8 Å². The van der Waals surface area contributed by atoms with Crippen molar-refractivity contribution >= 4 is 46.9 Å². The summed E-state index contributed by atoms with van der Waals surface area (Å²) in [5.41, 5.74) is 2.71. The molecular weight excluding hydrogens is 586 g/mol. The molecule has 246 valence electrons. The van der Waals surface area contributed by atoms with E-state index in [9.17, 15) is 14.4 Å². The fraction of sp³-hybridized carbons (Fsp3) is 0.559. The number of nitrogens with one attached hydrogen (secondary N) is 2. The highest BCUT2D eigenvalue weighted by Gasteiger charge is 2.41. The zero-order valence-corrected chi connectivity index (χ0v) is 27.5. The maximum atomic E-state index is 12.4. The standard InChI is InChI=1S/C34H45N7O5/c1-21(28(19-42)22(2)43)27-15-35-32(38-31(27)36-23-8-6-7-9-23)37-24-10-11-29-30(14-24)45-20-26-18-39(12-13-41(26)29)25-16-40(17-25)33(44)46-34(3,4)5/h10-11,14-15,19,23,25-26H,6-9,12-13,16-18,20H2,1-5H3,(H2,35,36,37,38)/b28-21+/t26-/m0/s1. The molecule has 1 saturated carbocycles. The van der Waals surface area contributed by atoms with Crippen LogP contribution in [0, 0.1) is 0 Å². The number of Topliss-reactive ketones (excluding diaryl/α,β-unsaturated/α-hetero) is 1. The molecule has 1 aromatic carbocycles. The monoisotopic (exact) mass is 631 g/mol. The molecule has 6 rings (SSSR count). The number of ether oxygens (including phenoxy) is 2. The Morgan fingerprint density at radius 2 is 1.83 bits per heavy atom. The maximum Gasteiger partial charge on any atom is 0.410 e. The number of likely N-dealkylation sites (tertiary alicyclic amines) is 1. The van der Waals surface area contributed by atoms with Gasteiger partial charge in [-0.05, 0) is 65.2 Å². The number of rotatable bonds is 8. The number of allylic oxidation sites excluding steroid dienone is 2. The summed E-state index contributed by atoms with van der Waals surface area (Å²) in [6, 6.07) is 6.93. The lowest BCUT2D eigenvalue weighted by molar-refractivity contribution is -0.115. The zero-order chi connectivity index (χ0) is 32.6. The van der Waals surface area contributed by atoms with Gasteiger partial charge in [0.25, 0.3) is 0 Å². The summed E-state index contributed by atoms with van der Waals surface area (Å²) in [5.74, 6) is 1.55. The molecule has 12 heteroatoms. The quantitative estimate of drug-likeness (QED) is 0.183. The highest BCUT2D eigenvalue weighted by Crippen LogP contribution is 2.39. The molecule has 2 N–H and O–H groups in total. The van der Waals surface area contributed by atoms with Crippen LogP contribution in [0.1, 0.15) is 65.9 Å². The highest BCUT2D eigenvalue weighted by molar-refractivity contribution is 6.17. The van der Waals surface area contributed by atoms with E-state index in [1.807, 2.05) is 32.9 Å². The van der Waals surface area contributed by atoms with E-state index in [1.54, 1.807) is 18.0 Å². The lowest BCUT2D eigenvalue weighted by Crippen LogP contribution is -2.67. The van der Waals surface area contributed by atoms with Crippen LogP contribution in [0.2, 0.25) is 0 Å². The van der Waals surface area contributed by atoms with E-state index in [1.165, 1.54) is 6.92 Å². The Balaban J connectivity index is 1.12. The first-order valence-electron chi connectivity index (χ1n) is 16.3. The van der Waals surface area contributed by atoms with E-state index >= 15 is 0 Å². The molecule has 12 nitrogen and oxygen atoms in total. The summed E-state index contributed by atoms with van der Waals surface area (Å²) in [5, 5.41) is 6.86. The van der Waals surface area contributed by atoms with Gasteiger partial charge in [0.2, 0.25) is 5.95 Å². The van der Waals surface area contributed by atoms with Crippen molar-refractivity contribution in [3.05, 3.63) is 35.5 Å². The summed E-state index contributed by atoms with van der Waals surface area (Å²) >= 11 is 0. The normalized spacial score (nSPS) is 20.9. The molecule has 3 aliphatic heterocycles. The van der Waals surface area contributed by atoms with Crippen molar-refractivity contribution in [3.63, 3.8) is 0 Å². The summed E-state index contributed by atoms with van der Waals surface area (Å²) in [6.07, 6.45) is 6.44. The number of amides is 1. The molecule has 1 aliphatic carbocycles. The van der Waals surface area contributed by atoms with Gasteiger partial charge in [-0.15, -0.1) is 0 Å². The summed E-state index contributed by atoms with van der Waals surface area (Å²) in [7, 11) is 0. The molecule has 0 spiro atoms. The van der Waals surface area contributed by atoms with Gasteiger partial charge < -0.3 is 29.9 Å². The van der Waals surface area contributed by atoms with Crippen LogP contribution >= 0.6 is 0 Å². The Labute approximate surface area is 270 Å². The number of hydrogen-bond donors (Lipinski definition) is 2. The number of carbonyl (C=O) groups excluding carboxylic acids is 3. The van der Waals surface area contributed by atoms with E-state index in [4.69, 9.17) is 14.5 Å². The first-order chi connectivity index (χ1) is 22.0. The first-order valence-corrected chi connectivity index (χ1v) is 16.3. The van der Waals surface area contributed by atoms with Crippen LogP contribution in [0.25, 0.3) is 5.57 Å². The van der Waals surface area contributed by atoms with Crippen LogP contribution in [0.4, 0.5) is 27.9 Å². The van der Waals surface area contributed by atoms with Crippen molar-refractivity contribution in [1.29, 1.82) is 0 Å². The Kier molecular flexibility index (Phi) is 8.91. The number of fused-ring (bicyclic) bond motifs is 3. The Bertz CT molecular complexity index is 1520. The third-order valence-electron chi connectivity index (χ3n) is 9.29. The highest BCUT2D eigenvalue weighted by atomic mass is 16.6. The van der Waals surface area contributed by atoms with Crippen LogP contribution in [0.5, 0.6) is 5.75 Å². The summed E-state index contributed by atoms with van der Waals surface area (Å²) < 4.78 is 11.8. The maximum absolute atomic E-state index is 12.4. The molecule has 4 aliphatic rings. The molecular formula is C34H45N7O5. The largest absolute Gasteiger partial charge is 0.489 e. The van der Waals surface area contributed by atoms with Crippen LogP contribution in [-0.2, 0) is 14.3 Å². The topological polar surface area (TPSA) is 129 Å². The van der Waals surface area contributed by atoms with E-state index in [0.717, 1.165) is 62.4 Å².